The van der Waals surface area contributed by atoms with Crippen molar-refractivity contribution in [2.75, 3.05) is 24.5 Å². The summed E-state index contributed by atoms with van der Waals surface area (Å²) in [5.74, 6) is 1.06. The second kappa shape index (κ2) is 6.04. The van der Waals surface area contributed by atoms with Gasteiger partial charge in [0.05, 0.1) is 5.56 Å². The van der Waals surface area contributed by atoms with Crippen LogP contribution in [0.1, 0.15) is 44.0 Å². The van der Waals surface area contributed by atoms with E-state index in [0.29, 0.717) is 11.6 Å². The van der Waals surface area contributed by atoms with E-state index in [9.17, 15) is 4.79 Å². The van der Waals surface area contributed by atoms with Crippen LogP contribution in [0.25, 0.3) is 0 Å². The largest absolute Gasteiger partial charge is 0.354 e. The standard InChI is InChI=1S/C15H23N3O/c1-4-18(12(2)3)14-8-7-13(11-16-14)15(19)17-9-5-6-10-17/h7-8,11-12H,4-6,9-10H2,1-3H3. The van der Waals surface area contributed by atoms with Crippen molar-refractivity contribution in [3.8, 4) is 0 Å². The number of nitrogens with zero attached hydrogens (tertiary/aromatic N) is 3. The number of pyridine rings is 1. The number of aromatic nitrogens is 1. The van der Waals surface area contributed by atoms with Crippen LogP contribution in [-0.2, 0) is 0 Å². The molecule has 0 bridgehead atoms. The van der Waals surface area contributed by atoms with E-state index in [1.165, 1.54) is 0 Å². The molecular weight excluding hydrogens is 238 g/mol. The third-order valence-electron chi connectivity index (χ3n) is 3.65. The normalized spacial score (nSPS) is 15.1. The molecule has 1 saturated heterocycles. The lowest BCUT2D eigenvalue weighted by atomic mass is 10.2. The highest BCUT2D eigenvalue weighted by Crippen LogP contribution is 2.17. The summed E-state index contributed by atoms with van der Waals surface area (Å²) in [4.78, 5) is 20.8. The van der Waals surface area contributed by atoms with Gasteiger partial charge in [-0.15, -0.1) is 0 Å². The zero-order chi connectivity index (χ0) is 13.8. The number of likely N-dealkylation sites (tertiary alicyclic amines) is 1. The van der Waals surface area contributed by atoms with Crippen LogP contribution in [0.15, 0.2) is 18.3 Å². The van der Waals surface area contributed by atoms with Gasteiger partial charge in [-0.25, -0.2) is 4.98 Å². The molecule has 2 heterocycles. The summed E-state index contributed by atoms with van der Waals surface area (Å²) in [7, 11) is 0. The molecular formula is C15H23N3O. The summed E-state index contributed by atoms with van der Waals surface area (Å²) in [5.41, 5.74) is 0.699. The molecule has 1 fully saturated rings. The first-order valence-corrected chi connectivity index (χ1v) is 7.15. The second-order valence-corrected chi connectivity index (χ2v) is 5.28. The van der Waals surface area contributed by atoms with Crippen molar-refractivity contribution in [3.05, 3.63) is 23.9 Å². The summed E-state index contributed by atoms with van der Waals surface area (Å²) in [5, 5.41) is 0. The Morgan fingerprint density at radius 3 is 2.53 bits per heavy atom. The molecule has 0 aromatic carbocycles. The Hall–Kier alpha value is -1.58. The summed E-state index contributed by atoms with van der Waals surface area (Å²) < 4.78 is 0. The minimum Gasteiger partial charge on any atom is -0.354 e. The lowest BCUT2D eigenvalue weighted by molar-refractivity contribution is 0.0792. The van der Waals surface area contributed by atoms with Gasteiger partial charge in [-0.05, 0) is 45.7 Å². The number of carbonyl (C=O) groups is 1. The maximum Gasteiger partial charge on any atom is 0.255 e. The highest BCUT2D eigenvalue weighted by molar-refractivity contribution is 5.94. The second-order valence-electron chi connectivity index (χ2n) is 5.28. The molecule has 19 heavy (non-hydrogen) atoms. The molecule has 2 rings (SSSR count). The molecule has 0 spiro atoms. The Balaban J connectivity index is 2.11. The first kappa shape index (κ1) is 13.8. The van der Waals surface area contributed by atoms with Gasteiger partial charge in [0.15, 0.2) is 0 Å². The van der Waals surface area contributed by atoms with E-state index < -0.39 is 0 Å². The van der Waals surface area contributed by atoms with Gasteiger partial charge in [0, 0.05) is 31.9 Å². The molecule has 4 heteroatoms. The monoisotopic (exact) mass is 261 g/mol. The van der Waals surface area contributed by atoms with Crippen molar-refractivity contribution >= 4 is 11.7 Å². The van der Waals surface area contributed by atoms with E-state index in [4.69, 9.17) is 0 Å². The summed E-state index contributed by atoms with van der Waals surface area (Å²) in [6.07, 6.45) is 3.95. The fourth-order valence-corrected chi connectivity index (χ4v) is 2.58. The fraction of sp³-hybridized carbons (Fsp3) is 0.600. The van der Waals surface area contributed by atoms with Gasteiger partial charge in [-0.2, -0.15) is 0 Å². The average Bonchev–Trinajstić information content (AvgIpc) is 2.93. The smallest absolute Gasteiger partial charge is 0.255 e. The molecule has 0 aliphatic carbocycles. The van der Waals surface area contributed by atoms with Crippen LogP contribution in [0.4, 0.5) is 5.82 Å². The van der Waals surface area contributed by atoms with E-state index in [-0.39, 0.29) is 5.91 Å². The molecule has 1 aliphatic heterocycles. The van der Waals surface area contributed by atoms with Crippen LogP contribution in [-0.4, -0.2) is 41.5 Å². The predicted octanol–water partition coefficient (Wildman–Crippen LogP) is 2.55. The minimum absolute atomic E-state index is 0.115. The van der Waals surface area contributed by atoms with Crippen molar-refractivity contribution < 1.29 is 4.79 Å². The lowest BCUT2D eigenvalue weighted by Gasteiger charge is -2.26. The van der Waals surface area contributed by atoms with Gasteiger partial charge in [-0.3, -0.25) is 4.79 Å². The molecule has 0 radical (unpaired) electrons. The van der Waals surface area contributed by atoms with Crippen molar-refractivity contribution in [3.63, 3.8) is 0 Å². The molecule has 1 amide bonds. The fourth-order valence-electron chi connectivity index (χ4n) is 2.58. The van der Waals surface area contributed by atoms with E-state index in [1.54, 1.807) is 6.20 Å². The Kier molecular flexibility index (Phi) is 4.40. The van der Waals surface area contributed by atoms with Crippen LogP contribution in [0.5, 0.6) is 0 Å². The number of rotatable bonds is 4. The maximum absolute atomic E-state index is 12.2. The average molecular weight is 261 g/mol. The van der Waals surface area contributed by atoms with Gasteiger partial charge >= 0.3 is 0 Å². The molecule has 0 atom stereocenters. The Labute approximate surface area is 115 Å². The topological polar surface area (TPSA) is 36.4 Å². The molecule has 104 valence electrons. The van der Waals surface area contributed by atoms with Crippen LogP contribution in [0.3, 0.4) is 0 Å². The van der Waals surface area contributed by atoms with Crippen molar-refractivity contribution in [2.24, 2.45) is 0 Å². The van der Waals surface area contributed by atoms with Gasteiger partial charge in [0.1, 0.15) is 5.82 Å². The quantitative estimate of drug-likeness (QED) is 0.835. The number of carbonyl (C=O) groups excluding carboxylic acids is 1. The number of hydrogen-bond donors (Lipinski definition) is 0. The van der Waals surface area contributed by atoms with Gasteiger partial charge < -0.3 is 9.80 Å². The van der Waals surface area contributed by atoms with Crippen LogP contribution < -0.4 is 4.90 Å². The van der Waals surface area contributed by atoms with Crippen LogP contribution in [0, 0.1) is 0 Å². The molecule has 0 N–H and O–H groups in total. The summed E-state index contributed by atoms with van der Waals surface area (Å²) in [6.45, 7) is 9.10. The summed E-state index contributed by atoms with van der Waals surface area (Å²) >= 11 is 0. The minimum atomic E-state index is 0.115. The Morgan fingerprint density at radius 1 is 1.37 bits per heavy atom. The van der Waals surface area contributed by atoms with E-state index in [2.05, 4.69) is 30.7 Å². The van der Waals surface area contributed by atoms with E-state index in [1.807, 2.05) is 17.0 Å². The van der Waals surface area contributed by atoms with Crippen LogP contribution >= 0.6 is 0 Å². The van der Waals surface area contributed by atoms with Crippen molar-refractivity contribution in [1.82, 2.24) is 9.88 Å². The van der Waals surface area contributed by atoms with Gasteiger partial charge in [-0.1, -0.05) is 0 Å². The summed E-state index contributed by atoms with van der Waals surface area (Å²) in [6, 6.07) is 4.26. The van der Waals surface area contributed by atoms with Crippen LogP contribution in [0.2, 0.25) is 0 Å². The van der Waals surface area contributed by atoms with Gasteiger partial charge in [0.2, 0.25) is 0 Å². The Bertz CT molecular complexity index is 422. The predicted molar refractivity (Wildman–Crippen MR) is 77.5 cm³/mol. The molecule has 0 unspecified atom stereocenters. The third kappa shape index (κ3) is 3.06. The van der Waals surface area contributed by atoms with Crippen molar-refractivity contribution in [2.45, 2.75) is 39.7 Å². The number of amides is 1. The highest BCUT2D eigenvalue weighted by Gasteiger charge is 2.20. The maximum atomic E-state index is 12.2. The zero-order valence-corrected chi connectivity index (χ0v) is 12.1. The van der Waals surface area contributed by atoms with Crippen molar-refractivity contribution in [1.29, 1.82) is 0 Å². The highest BCUT2D eigenvalue weighted by atomic mass is 16.2. The van der Waals surface area contributed by atoms with Gasteiger partial charge in [0.25, 0.3) is 5.91 Å². The first-order valence-electron chi connectivity index (χ1n) is 7.15. The SMILES string of the molecule is CCN(c1ccc(C(=O)N2CCCC2)cn1)C(C)C. The molecule has 0 saturated carbocycles. The third-order valence-corrected chi connectivity index (χ3v) is 3.65. The lowest BCUT2D eigenvalue weighted by Crippen LogP contribution is -2.31. The van der Waals surface area contributed by atoms with E-state index >= 15 is 0 Å². The molecule has 4 nitrogen and oxygen atoms in total. The number of hydrogen-bond acceptors (Lipinski definition) is 3. The Morgan fingerprint density at radius 2 is 2.05 bits per heavy atom. The number of anilines is 1. The van der Waals surface area contributed by atoms with E-state index in [0.717, 1.165) is 38.3 Å². The molecule has 1 aromatic rings. The molecule has 1 aliphatic rings. The first-order chi connectivity index (χ1) is 9.13. The molecule has 1 aromatic heterocycles. The zero-order valence-electron chi connectivity index (χ0n) is 12.1.